The molecule has 0 spiro atoms. The van der Waals surface area contributed by atoms with Crippen molar-refractivity contribution in [1.82, 2.24) is 5.32 Å². The third kappa shape index (κ3) is 4.16. The normalized spacial score (nSPS) is 11.8. The predicted octanol–water partition coefficient (Wildman–Crippen LogP) is 5.10. The van der Waals surface area contributed by atoms with Crippen molar-refractivity contribution >= 4 is 27.3 Å². The average molecular weight is 338 g/mol. The van der Waals surface area contributed by atoms with Gasteiger partial charge in [0.1, 0.15) is 0 Å². The monoisotopic (exact) mass is 337 g/mol. The third-order valence-corrected chi connectivity index (χ3v) is 5.26. The Kier molecular flexibility index (Phi) is 4.82. The van der Waals surface area contributed by atoms with E-state index in [9.17, 15) is 0 Å². The minimum absolute atomic E-state index is 0.255. The van der Waals surface area contributed by atoms with E-state index in [0.29, 0.717) is 0 Å². The lowest BCUT2D eigenvalue weighted by Crippen LogP contribution is -2.12. The molecule has 1 nitrogen and oxygen atoms in total. The molecule has 1 N–H and O–H groups in total. The molecule has 3 heteroatoms. The van der Waals surface area contributed by atoms with Gasteiger partial charge in [-0.2, -0.15) is 0 Å². The highest BCUT2D eigenvalue weighted by Crippen LogP contribution is 2.29. The lowest BCUT2D eigenvalue weighted by atomic mass is 9.95. The number of rotatable bonds is 4. The van der Waals surface area contributed by atoms with Crippen LogP contribution >= 0.6 is 27.3 Å². The Bertz CT molecular complexity index is 540. The molecule has 0 aliphatic heterocycles. The van der Waals surface area contributed by atoms with Crippen LogP contribution in [0.4, 0.5) is 0 Å². The summed E-state index contributed by atoms with van der Waals surface area (Å²) in [6.07, 6.45) is 0. The molecule has 0 bridgehead atoms. The van der Waals surface area contributed by atoms with Gasteiger partial charge in [0.2, 0.25) is 0 Å². The van der Waals surface area contributed by atoms with Gasteiger partial charge >= 0.3 is 0 Å². The molecule has 2 aromatic rings. The first-order valence-electron chi connectivity index (χ1n) is 6.50. The number of halogens is 1. The maximum Gasteiger partial charge on any atom is 0.0303 e. The second kappa shape index (κ2) is 6.21. The van der Waals surface area contributed by atoms with Crippen molar-refractivity contribution in [2.24, 2.45) is 0 Å². The van der Waals surface area contributed by atoms with Crippen LogP contribution in [0.2, 0.25) is 0 Å². The highest BCUT2D eigenvalue weighted by atomic mass is 79.9. The van der Waals surface area contributed by atoms with E-state index in [-0.39, 0.29) is 5.41 Å². The van der Waals surface area contributed by atoms with Crippen LogP contribution in [0.1, 0.15) is 36.1 Å². The van der Waals surface area contributed by atoms with Crippen molar-refractivity contribution in [1.29, 1.82) is 0 Å². The van der Waals surface area contributed by atoms with Crippen LogP contribution in [0.5, 0.6) is 0 Å². The van der Waals surface area contributed by atoms with Gasteiger partial charge in [0.15, 0.2) is 0 Å². The fourth-order valence-electron chi connectivity index (χ4n) is 1.84. The molecule has 1 heterocycles. The quantitative estimate of drug-likeness (QED) is 0.818. The maximum atomic E-state index is 3.58. The van der Waals surface area contributed by atoms with E-state index < -0.39 is 0 Å². The number of thiophene rings is 1. The van der Waals surface area contributed by atoms with Crippen molar-refractivity contribution < 1.29 is 0 Å². The lowest BCUT2D eigenvalue weighted by Gasteiger charge is -2.15. The molecule has 2 rings (SSSR count). The molecular formula is C16H20BrNS. The van der Waals surface area contributed by atoms with Gasteiger partial charge in [-0.3, -0.25) is 0 Å². The summed E-state index contributed by atoms with van der Waals surface area (Å²) in [5, 5.41) is 3.50. The minimum atomic E-state index is 0.255. The molecule has 0 saturated heterocycles. The highest BCUT2D eigenvalue weighted by molar-refractivity contribution is 9.10. The second-order valence-corrected chi connectivity index (χ2v) is 7.73. The van der Waals surface area contributed by atoms with E-state index in [1.54, 1.807) is 0 Å². The van der Waals surface area contributed by atoms with E-state index in [1.165, 1.54) is 19.8 Å². The molecule has 0 aliphatic rings. The second-order valence-electron chi connectivity index (χ2n) is 5.71. The SMILES string of the molecule is CC(C)(C)c1ccc(CNCc2ccccc2Br)s1. The average Bonchev–Trinajstić information content (AvgIpc) is 2.80. The molecule has 0 amide bonds. The van der Waals surface area contributed by atoms with E-state index in [1.807, 2.05) is 17.4 Å². The standard InChI is InChI=1S/C16H20BrNS/c1-16(2,3)15-9-8-13(19-15)11-18-10-12-6-4-5-7-14(12)17/h4-9,18H,10-11H2,1-3H3. The van der Waals surface area contributed by atoms with E-state index in [2.05, 4.69) is 72.3 Å². The Balaban J connectivity index is 1.90. The fraction of sp³-hybridized carbons (Fsp3) is 0.375. The molecule has 1 aromatic heterocycles. The van der Waals surface area contributed by atoms with Gasteiger partial charge in [-0.15, -0.1) is 11.3 Å². The highest BCUT2D eigenvalue weighted by Gasteiger charge is 2.15. The summed E-state index contributed by atoms with van der Waals surface area (Å²) in [4.78, 5) is 2.85. The van der Waals surface area contributed by atoms with Crippen LogP contribution in [0.3, 0.4) is 0 Å². The van der Waals surface area contributed by atoms with E-state index >= 15 is 0 Å². The summed E-state index contributed by atoms with van der Waals surface area (Å²) in [7, 11) is 0. The van der Waals surface area contributed by atoms with Crippen LogP contribution in [0.25, 0.3) is 0 Å². The molecule has 1 aromatic carbocycles. The van der Waals surface area contributed by atoms with Crippen molar-refractivity contribution in [2.75, 3.05) is 0 Å². The summed E-state index contributed by atoms with van der Waals surface area (Å²) in [6, 6.07) is 12.8. The predicted molar refractivity (Wildman–Crippen MR) is 87.7 cm³/mol. The van der Waals surface area contributed by atoms with E-state index in [0.717, 1.165) is 13.1 Å². The van der Waals surface area contributed by atoms with Gasteiger partial charge in [-0.25, -0.2) is 0 Å². The largest absolute Gasteiger partial charge is 0.308 e. The number of benzene rings is 1. The van der Waals surface area contributed by atoms with Gasteiger partial charge in [0.05, 0.1) is 0 Å². The van der Waals surface area contributed by atoms with Gasteiger partial charge in [0, 0.05) is 27.3 Å². The third-order valence-electron chi connectivity index (χ3n) is 2.97. The van der Waals surface area contributed by atoms with Crippen LogP contribution in [0.15, 0.2) is 40.9 Å². The Morgan fingerprint density at radius 2 is 1.79 bits per heavy atom. The Morgan fingerprint density at radius 3 is 2.42 bits per heavy atom. The zero-order valence-electron chi connectivity index (χ0n) is 11.7. The van der Waals surface area contributed by atoms with Crippen molar-refractivity contribution in [2.45, 2.75) is 39.3 Å². The van der Waals surface area contributed by atoms with Gasteiger partial charge in [0.25, 0.3) is 0 Å². The first kappa shape index (κ1) is 14.8. The fourth-order valence-corrected chi connectivity index (χ4v) is 3.30. The molecule has 102 valence electrons. The summed E-state index contributed by atoms with van der Waals surface area (Å²) < 4.78 is 1.17. The molecule has 0 atom stereocenters. The minimum Gasteiger partial charge on any atom is -0.308 e. The molecule has 0 saturated carbocycles. The molecule has 0 fully saturated rings. The topological polar surface area (TPSA) is 12.0 Å². The van der Waals surface area contributed by atoms with Crippen LogP contribution < -0.4 is 5.32 Å². The van der Waals surface area contributed by atoms with Crippen LogP contribution in [-0.4, -0.2) is 0 Å². The maximum absolute atomic E-state index is 3.58. The Morgan fingerprint density at radius 1 is 1.05 bits per heavy atom. The van der Waals surface area contributed by atoms with Crippen LogP contribution in [0, 0.1) is 0 Å². The Hall–Kier alpha value is -0.640. The number of hydrogen-bond acceptors (Lipinski definition) is 2. The number of nitrogens with one attached hydrogen (secondary N) is 1. The first-order valence-corrected chi connectivity index (χ1v) is 8.11. The first-order chi connectivity index (χ1) is 8.97. The summed E-state index contributed by atoms with van der Waals surface area (Å²) in [5.41, 5.74) is 1.56. The summed E-state index contributed by atoms with van der Waals surface area (Å²) in [6.45, 7) is 8.61. The van der Waals surface area contributed by atoms with Crippen molar-refractivity contribution in [3.05, 3.63) is 56.2 Å². The van der Waals surface area contributed by atoms with E-state index in [4.69, 9.17) is 0 Å². The van der Waals surface area contributed by atoms with Crippen LogP contribution in [-0.2, 0) is 18.5 Å². The van der Waals surface area contributed by atoms with Crippen molar-refractivity contribution in [3.63, 3.8) is 0 Å². The van der Waals surface area contributed by atoms with Gasteiger partial charge in [-0.05, 0) is 29.2 Å². The molecule has 0 radical (unpaired) electrons. The summed E-state index contributed by atoms with van der Waals surface area (Å²) >= 11 is 5.48. The lowest BCUT2D eigenvalue weighted by molar-refractivity contribution is 0.604. The summed E-state index contributed by atoms with van der Waals surface area (Å²) in [5.74, 6) is 0. The van der Waals surface area contributed by atoms with Gasteiger partial charge in [-0.1, -0.05) is 54.9 Å². The Labute approximate surface area is 128 Å². The molecule has 19 heavy (non-hydrogen) atoms. The zero-order valence-corrected chi connectivity index (χ0v) is 14.1. The van der Waals surface area contributed by atoms with Crippen molar-refractivity contribution in [3.8, 4) is 0 Å². The molecular weight excluding hydrogens is 318 g/mol. The smallest absolute Gasteiger partial charge is 0.0303 e. The molecule has 0 aliphatic carbocycles. The van der Waals surface area contributed by atoms with Gasteiger partial charge < -0.3 is 5.32 Å². The zero-order chi connectivity index (χ0) is 13.9. The molecule has 0 unspecified atom stereocenters. The number of hydrogen-bond donors (Lipinski definition) is 1.